The quantitative estimate of drug-likeness (QED) is 0.839. The molecule has 1 aromatic rings. The van der Waals surface area contributed by atoms with Crippen molar-refractivity contribution >= 4 is 23.5 Å². The molecule has 1 fully saturated rings. The van der Waals surface area contributed by atoms with Gasteiger partial charge in [0.05, 0.1) is 6.10 Å². The average molecular weight is 294 g/mol. The van der Waals surface area contributed by atoms with Gasteiger partial charge < -0.3 is 15.3 Å². The molecule has 2 atom stereocenters. The van der Waals surface area contributed by atoms with E-state index in [2.05, 4.69) is 12.2 Å². The molecule has 0 bridgehead atoms. The first-order valence-electron chi connectivity index (χ1n) is 7.07. The highest BCUT2D eigenvalue weighted by molar-refractivity contribution is 7.99. The molecule has 1 heterocycles. The number of aliphatic hydroxyl groups excluding tert-OH is 1. The van der Waals surface area contributed by atoms with Crippen molar-refractivity contribution < 1.29 is 9.90 Å². The Bertz CT molecular complexity index is 465. The molecule has 2 rings (SSSR count). The van der Waals surface area contributed by atoms with E-state index in [0.717, 1.165) is 22.8 Å². The Balaban J connectivity index is 1.93. The molecule has 20 heavy (non-hydrogen) atoms. The van der Waals surface area contributed by atoms with E-state index >= 15 is 0 Å². The number of urea groups is 1. The second-order valence-corrected chi connectivity index (χ2v) is 6.46. The van der Waals surface area contributed by atoms with Crippen molar-refractivity contribution in [2.75, 3.05) is 24.2 Å². The maximum absolute atomic E-state index is 12.2. The van der Waals surface area contributed by atoms with Gasteiger partial charge in [-0.2, -0.15) is 0 Å². The average Bonchev–Trinajstić information content (AvgIpc) is 2.89. The zero-order valence-electron chi connectivity index (χ0n) is 12.0. The van der Waals surface area contributed by atoms with Crippen molar-refractivity contribution in [3.8, 4) is 0 Å². The number of thioether (sulfide) groups is 1. The monoisotopic (exact) mass is 294 g/mol. The fraction of sp³-hybridized carbons (Fsp3) is 0.533. The van der Waals surface area contributed by atoms with E-state index in [4.69, 9.17) is 0 Å². The summed E-state index contributed by atoms with van der Waals surface area (Å²) >= 11 is 1.76. The van der Waals surface area contributed by atoms with Crippen LogP contribution in [-0.2, 0) is 0 Å². The number of nitrogens with zero attached hydrogens (tertiary/aromatic N) is 1. The van der Waals surface area contributed by atoms with Crippen LogP contribution in [0.4, 0.5) is 10.5 Å². The highest BCUT2D eigenvalue weighted by Crippen LogP contribution is 2.23. The van der Waals surface area contributed by atoms with Crippen molar-refractivity contribution in [1.29, 1.82) is 0 Å². The molecule has 0 saturated carbocycles. The van der Waals surface area contributed by atoms with Crippen molar-refractivity contribution in [3.05, 3.63) is 24.3 Å². The van der Waals surface area contributed by atoms with E-state index in [1.54, 1.807) is 23.6 Å². The lowest BCUT2D eigenvalue weighted by atomic mass is 10.0. The molecule has 0 radical (unpaired) electrons. The minimum absolute atomic E-state index is 0.0770. The van der Waals surface area contributed by atoms with Gasteiger partial charge in [0.15, 0.2) is 0 Å². The summed E-state index contributed by atoms with van der Waals surface area (Å²) in [4.78, 5) is 15.1. The van der Waals surface area contributed by atoms with Gasteiger partial charge in [0, 0.05) is 29.6 Å². The highest BCUT2D eigenvalue weighted by atomic mass is 32.2. The molecule has 0 spiro atoms. The molecule has 2 N–H and O–H groups in total. The van der Waals surface area contributed by atoms with Crippen molar-refractivity contribution in [1.82, 2.24) is 4.90 Å². The summed E-state index contributed by atoms with van der Waals surface area (Å²) in [5.74, 6) is 1.21. The Morgan fingerprint density at radius 2 is 2.40 bits per heavy atom. The van der Waals surface area contributed by atoms with Crippen molar-refractivity contribution in [2.45, 2.75) is 31.3 Å². The summed E-state index contributed by atoms with van der Waals surface area (Å²) in [6.45, 7) is 5.24. The topological polar surface area (TPSA) is 52.6 Å². The molecule has 1 aliphatic heterocycles. The third-order valence-corrected chi connectivity index (χ3v) is 4.47. The lowest BCUT2D eigenvalue weighted by molar-refractivity contribution is 0.130. The van der Waals surface area contributed by atoms with E-state index in [9.17, 15) is 9.90 Å². The van der Waals surface area contributed by atoms with Crippen molar-refractivity contribution in [2.24, 2.45) is 5.92 Å². The number of rotatable bonds is 4. The van der Waals surface area contributed by atoms with Gasteiger partial charge in [0.2, 0.25) is 0 Å². The first-order valence-corrected chi connectivity index (χ1v) is 8.05. The Morgan fingerprint density at radius 3 is 3.05 bits per heavy atom. The molecule has 5 heteroatoms. The van der Waals surface area contributed by atoms with Crippen LogP contribution in [0.1, 0.15) is 20.3 Å². The largest absolute Gasteiger partial charge is 0.393 e. The molecule has 2 amide bonds. The van der Waals surface area contributed by atoms with E-state index in [-0.39, 0.29) is 18.1 Å². The zero-order chi connectivity index (χ0) is 14.5. The lowest BCUT2D eigenvalue weighted by Gasteiger charge is -2.18. The fourth-order valence-corrected chi connectivity index (χ4v) is 3.12. The molecule has 1 aliphatic rings. The molecular formula is C15H22N2O2S. The maximum atomic E-state index is 12.2. The normalized spacial score (nSPS) is 19.9. The predicted octanol–water partition coefficient (Wildman–Crippen LogP) is 3.03. The highest BCUT2D eigenvalue weighted by Gasteiger charge is 2.28. The van der Waals surface area contributed by atoms with Crippen LogP contribution in [0.2, 0.25) is 0 Å². The summed E-state index contributed by atoms with van der Waals surface area (Å²) in [5.41, 5.74) is 0.828. The minimum Gasteiger partial charge on any atom is -0.393 e. The van der Waals surface area contributed by atoms with Crippen LogP contribution in [0.15, 0.2) is 29.2 Å². The smallest absolute Gasteiger partial charge is 0.321 e. The van der Waals surface area contributed by atoms with E-state index in [1.165, 1.54) is 0 Å². The number of anilines is 1. The molecule has 4 nitrogen and oxygen atoms in total. The number of hydrogen-bond acceptors (Lipinski definition) is 3. The Morgan fingerprint density at radius 1 is 1.60 bits per heavy atom. The number of carbonyl (C=O) groups is 1. The van der Waals surface area contributed by atoms with Gasteiger partial charge in [-0.3, -0.25) is 0 Å². The molecule has 1 aromatic carbocycles. The standard InChI is InChI=1S/C15H22N2O2S/c1-3-20-14-6-4-5-13(9-14)16-15(19)17-8-7-12(10-17)11(2)18/h4-6,9,11-12,18H,3,7-8,10H2,1-2H3,(H,16,19)/t11-,12+/m0/s1. The van der Waals surface area contributed by atoms with Gasteiger partial charge in [0.25, 0.3) is 0 Å². The number of hydrogen-bond donors (Lipinski definition) is 2. The van der Waals surface area contributed by atoms with Crippen LogP contribution in [0.25, 0.3) is 0 Å². The maximum Gasteiger partial charge on any atom is 0.321 e. The van der Waals surface area contributed by atoms with E-state index in [1.807, 2.05) is 24.3 Å². The van der Waals surface area contributed by atoms with Crippen LogP contribution in [0.5, 0.6) is 0 Å². The summed E-state index contributed by atoms with van der Waals surface area (Å²) in [6.07, 6.45) is 0.522. The zero-order valence-corrected chi connectivity index (χ0v) is 12.8. The van der Waals surface area contributed by atoms with Gasteiger partial charge >= 0.3 is 6.03 Å². The number of nitrogens with one attached hydrogen (secondary N) is 1. The van der Waals surface area contributed by atoms with Crippen LogP contribution < -0.4 is 5.32 Å². The summed E-state index contributed by atoms with van der Waals surface area (Å²) in [7, 11) is 0. The number of aliphatic hydroxyl groups is 1. The van der Waals surface area contributed by atoms with Gasteiger partial charge in [-0.05, 0) is 37.3 Å². The Hall–Kier alpha value is -1.20. The number of amides is 2. The second kappa shape index (κ2) is 6.99. The predicted molar refractivity (Wildman–Crippen MR) is 83.2 cm³/mol. The third kappa shape index (κ3) is 3.90. The molecule has 110 valence electrons. The lowest BCUT2D eigenvalue weighted by Crippen LogP contribution is -2.34. The molecule has 0 aliphatic carbocycles. The van der Waals surface area contributed by atoms with Crippen LogP contribution in [-0.4, -0.2) is 41.0 Å². The first kappa shape index (κ1) is 15.2. The van der Waals surface area contributed by atoms with E-state index < -0.39 is 0 Å². The van der Waals surface area contributed by atoms with Gasteiger partial charge in [-0.25, -0.2) is 4.79 Å². The van der Waals surface area contributed by atoms with Gasteiger partial charge in [-0.1, -0.05) is 13.0 Å². The van der Waals surface area contributed by atoms with Gasteiger partial charge in [-0.15, -0.1) is 11.8 Å². The first-order chi connectivity index (χ1) is 9.60. The fourth-order valence-electron chi connectivity index (χ4n) is 2.40. The molecule has 0 unspecified atom stereocenters. The van der Waals surface area contributed by atoms with Gasteiger partial charge in [0.1, 0.15) is 0 Å². The van der Waals surface area contributed by atoms with E-state index in [0.29, 0.717) is 13.1 Å². The SMILES string of the molecule is CCSc1cccc(NC(=O)N2CC[C@@H]([C@H](C)O)C2)c1. The summed E-state index contributed by atoms with van der Waals surface area (Å²) in [5, 5.41) is 12.5. The third-order valence-electron chi connectivity index (χ3n) is 3.59. The Labute approximate surface area is 124 Å². The Kier molecular flexibility index (Phi) is 5.31. The summed E-state index contributed by atoms with van der Waals surface area (Å²) in [6, 6.07) is 7.82. The second-order valence-electron chi connectivity index (χ2n) is 5.13. The summed E-state index contributed by atoms with van der Waals surface area (Å²) < 4.78 is 0. The van der Waals surface area contributed by atoms with Crippen molar-refractivity contribution in [3.63, 3.8) is 0 Å². The molecule has 1 saturated heterocycles. The number of benzene rings is 1. The number of likely N-dealkylation sites (tertiary alicyclic amines) is 1. The molecular weight excluding hydrogens is 272 g/mol. The van der Waals surface area contributed by atoms with Crippen LogP contribution >= 0.6 is 11.8 Å². The van der Waals surface area contributed by atoms with Crippen LogP contribution in [0, 0.1) is 5.92 Å². The number of carbonyl (C=O) groups excluding carboxylic acids is 1. The van der Waals surface area contributed by atoms with Crippen LogP contribution in [0.3, 0.4) is 0 Å². The molecule has 0 aromatic heterocycles. The minimum atomic E-state index is -0.350.